The zero-order valence-corrected chi connectivity index (χ0v) is 10.1. The van der Waals surface area contributed by atoms with E-state index >= 15 is 0 Å². The summed E-state index contributed by atoms with van der Waals surface area (Å²) in [5, 5.41) is 5.63. The van der Waals surface area contributed by atoms with E-state index in [9.17, 15) is 4.79 Å². The van der Waals surface area contributed by atoms with Gasteiger partial charge in [0.25, 0.3) is 0 Å². The van der Waals surface area contributed by atoms with Gasteiger partial charge in [0.05, 0.1) is 26.4 Å². The van der Waals surface area contributed by atoms with Crippen molar-refractivity contribution in [3.05, 3.63) is 0 Å². The van der Waals surface area contributed by atoms with Crippen molar-refractivity contribution in [2.24, 2.45) is 0 Å². The molecule has 0 aromatic rings. The molecule has 0 rings (SSSR count). The molecule has 0 unspecified atom stereocenters. The van der Waals surface area contributed by atoms with Crippen molar-refractivity contribution in [3.63, 3.8) is 0 Å². The van der Waals surface area contributed by atoms with Crippen LogP contribution in [-0.2, 0) is 19.0 Å². The first-order valence-corrected chi connectivity index (χ1v) is 5.37. The van der Waals surface area contributed by atoms with Crippen molar-refractivity contribution >= 4 is 5.91 Å². The molecule has 0 saturated heterocycles. The van der Waals surface area contributed by atoms with E-state index in [-0.39, 0.29) is 12.5 Å². The third kappa shape index (κ3) is 11.4. The molecule has 0 aliphatic heterocycles. The molecule has 1 amide bonds. The van der Waals surface area contributed by atoms with Crippen LogP contribution in [0.15, 0.2) is 0 Å². The predicted octanol–water partition coefficient (Wildman–Crippen LogP) is -0.998. The van der Waals surface area contributed by atoms with E-state index in [2.05, 4.69) is 15.4 Å². The number of carbonyl (C=O) groups is 1. The molecule has 0 aliphatic carbocycles. The average Bonchev–Trinajstić information content (AvgIpc) is 2.27. The lowest BCUT2D eigenvalue weighted by molar-refractivity contribution is -0.124. The van der Waals surface area contributed by atoms with Crippen molar-refractivity contribution in [1.82, 2.24) is 10.6 Å². The Morgan fingerprint density at radius 1 is 1.06 bits per heavy atom. The van der Waals surface area contributed by atoms with Crippen molar-refractivity contribution < 1.29 is 19.0 Å². The Morgan fingerprint density at radius 2 is 1.69 bits per heavy atom. The van der Waals surface area contributed by atoms with E-state index in [1.165, 1.54) is 7.11 Å². The number of hydrogen-bond donors (Lipinski definition) is 2. The van der Waals surface area contributed by atoms with Crippen LogP contribution in [0.5, 0.6) is 0 Å². The van der Waals surface area contributed by atoms with Gasteiger partial charge in [0, 0.05) is 20.2 Å². The number of methoxy groups -OCH3 is 1. The summed E-state index contributed by atoms with van der Waals surface area (Å²) in [4.78, 5) is 10.9. The van der Waals surface area contributed by atoms with Crippen LogP contribution in [0.4, 0.5) is 0 Å². The quantitative estimate of drug-likeness (QED) is 0.449. The topological polar surface area (TPSA) is 68.8 Å². The monoisotopic (exact) mass is 234 g/mol. The van der Waals surface area contributed by atoms with Crippen molar-refractivity contribution in [2.75, 3.05) is 60.3 Å². The maximum absolute atomic E-state index is 10.9. The van der Waals surface area contributed by atoms with E-state index < -0.39 is 0 Å². The smallest absolute Gasteiger partial charge is 0.246 e. The Morgan fingerprint density at radius 3 is 2.25 bits per heavy atom. The van der Waals surface area contributed by atoms with Crippen molar-refractivity contribution in [2.45, 2.75) is 0 Å². The highest BCUT2D eigenvalue weighted by atomic mass is 16.5. The van der Waals surface area contributed by atoms with Gasteiger partial charge >= 0.3 is 0 Å². The Labute approximate surface area is 96.6 Å². The highest BCUT2D eigenvalue weighted by molar-refractivity contribution is 5.77. The molecule has 0 aromatic heterocycles. The van der Waals surface area contributed by atoms with Gasteiger partial charge in [0.1, 0.15) is 6.61 Å². The summed E-state index contributed by atoms with van der Waals surface area (Å²) in [7, 11) is 3.36. The fraction of sp³-hybridized carbons (Fsp3) is 0.900. The number of amides is 1. The minimum Gasteiger partial charge on any atom is -0.378 e. The SMILES string of the molecule is CNCCOCCOCCNC(=O)COC. The fourth-order valence-corrected chi connectivity index (χ4v) is 0.941. The molecule has 0 bridgehead atoms. The molecule has 0 heterocycles. The molecule has 0 aromatic carbocycles. The Bertz CT molecular complexity index is 167. The lowest BCUT2D eigenvalue weighted by Gasteiger charge is -2.06. The Hall–Kier alpha value is -0.690. The first-order valence-electron chi connectivity index (χ1n) is 5.37. The van der Waals surface area contributed by atoms with Crippen LogP contribution in [-0.4, -0.2) is 66.2 Å². The summed E-state index contributed by atoms with van der Waals surface area (Å²) < 4.78 is 15.1. The first-order chi connectivity index (χ1) is 7.81. The van der Waals surface area contributed by atoms with Crippen molar-refractivity contribution in [1.29, 1.82) is 0 Å². The zero-order valence-electron chi connectivity index (χ0n) is 10.1. The van der Waals surface area contributed by atoms with Gasteiger partial charge in [-0.15, -0.1) is 0 Å². The number of ether oxygens (including phenoxy) is 3. The lowest BCUT2D eigenvalue weighted by Crippen LogP contribution is -2.30. The second kappa shape index (κ2) is 12.4. The maximum atomic E-state index is 10.9. The molecule has 0 radical (unpaired) electrons. The highest BCUT2D eigenvalue weighted by Crippen LogP contribution is 1.78. The number of hydrogen-bond acceptors (Lipinski definition) is 5. The summed E-state index contributed by atoms with van der Waals surface area (Å²) in [5.41, 5.74) is 0. The van der Waals surface area contributed by atoms with E-state index in [4.69, 9.17) is 9.47 Å². The summed E-state index contributed by atoms with van der Waals surface area (Å²) in [5.74, 6) is -0.128. The van der Waals surface area contributed by atoms with E-state index in [1.54, 1.807) is 0 Å². The summed E-state index contributed by atoms with van der Waals surface area (Å²) >= 11 is 0. The largest absolute Gasteiger partial charge is 0.378 e. The molecule has 16 heavy (non-hydrogen) atoms. The molecule has 0 saturated carbocycles. The van der Waals surface area contributed by atoms with E-state index in [0.29, 0.717) is 33.0 Å². The number of rotatable bonds is 11. The second-order valence-corrected chi connectivity index (χ2v) is 3.11. The van der Waals surface area contributed by atoms with Gasteiger partial charge in [-0.1, -0.05) is 0 Å². The lowest BCUT2D eigenvalue weighted by atomic mass is 10.6. The van der Waals surface area contributed by atoms with Gasteiger partial charge in [0.15, 0.2) is 0 Å². The van der Waals surface area contributed by atoms with E-state index in [0.717, 1.165) is 6.54 Å². The summed E-state index contributed by atoms with van der Waals surface area (Å²) in [6, 6.07) is 0. The molecule has 0 aliphatic rings. The molecule has 0 atom stereocenters. The van der Waals surface area contributed by atoms with E-state index in [1.807, 2.05) is 7.05 Å². The van der Waals surface area contributed by atoms with Crippen LogP contribution in [0.1, 0.15) is 0 Å². The van der Waals surface area contributed by atoms with Crippen LogP contribution >= 0.6 is 0 Å². The van der Waals surface area contributed by atoms with Crippen LogP contribution in [0.25, 0.3) is 0 Å². The minimum atomic E-state index is -0.128. The third-order valence-corrected chi connectivity index (χ3v) is 1.71. The maximum Gasteiger partial charge on any atom is 0.246 e. The predicted molar refractivity (Wildman–Crippen MR) is 60.5 cm³/mol. The van der Waals surface area contributed by atoms with Crippen LogP contribution in [0.3, 0.4) is 0 Å². The minimum absolute atomic E-state index is 0.0904. The summed E-state index contributed by atoms with van der Waals surface area (Å²) in [6.45, 7) is 3.73. The van der Waals surface area contributed by atoms with Gasteiger partial charge in [-0.3, -0.25) is 4.79 Å². The van der Waals surface area contributed by atoms with Crippen LogP contribution in [0, 0.1) is 0 Å². The first kappa shape index (κ1) is 15.3. The number of nitrogens with one attached hydrogen (secondary N) is 2. The standard InChI is InChI=1S/C10H22N2O4/c1-11-3-5-15-7-8-16-6-4-12-10(13)9-14-2/h11H,3-9H2,1-2H3,(H,12,13). The van der Waals surface area contributed by atoms with Gasteiger partial charge < -0.3 is 24.8 Å². The normalized spacial score (nSPS) is 10.4. The molecule has 6 heteroatoms. The number of carbonyl (C=O) groups excluding carboxylic acids is 1. The average molecular weight is 234 g/mol. The fourth-order valence-electron chi connectivity index (χ4n) is 0.941. The van der Waals surface area contributed by atoms with Gasteiger partial charge in [0.2, 0.25) is 5.91 Å². The highest BCUT2D eigenvalue weighted by Gasteiger charge is 1.97. The van der Waals surface area contributed by atoms with Crippen LogP contribution in [0.2, 0.25) is 0 Å². The molecule has 0 fully saturated rings. The Balaban J connectivity index is 3.01. The van der Waals surface area contributed by atoms with Crippen molar-refractivity contribution in [3.8, 4) is 0 Å². The van der Waals surface area contributed by atoms with Crippen LogP contribution < -0.4 is 10.6 Å². The summed E-state index contributed by atoms with van der Waals surface area (Å²) in [6.07, 6.45) is 0. The zero-order chi connectivity index (χ0) is 12.1. The van der Waals surface area contributed by atoms with Gasteiger partial charge in [-0.25, -0.2) is 0 Å². The molecular weight excluding hydrogens is 212 g/mol. The van der Waals surface area contributed by atoms with Gasteiger partial charge in [-0.05, 0) is 7.05 Å². The number of likely N-dealkylation sites (N-methyl/N-ethyl adjacent to an activating group) is 1. The molecule has 2 N–H and O–H groups in total. The Kier molecular flexibility index (Phi) is 11.8. The third-order valence-electron chi connectivity index (χ3n) is 1.71. The molecule has 6 nitrogen and oxygen atoms in total. The molecule has 96 valence electrons. The molecular formula is C10H22N2O4. The molecule has 0 spiro atoms. The second-order valence-electron chi connectivity index (χ2n) is 3.11. The van der Waals surface area contributed by atoms with Gasteiger partial charge in [-0.2, -0.15) is 0 Å².